The molecule has 9 nitrogen and oxygen atoms in total. The monoisotopic (exact) mass is 440 g/mol. The molecule has 3 rings (SSSR count). The van der Waals surface area contributed by atoms with Gasteiger partial charge in [-0.2, -0.15) is 4.31 Å². The molecule has 1 saturated heterocycles. The zero-order valence-corrected chi connectivity index (χ0v) is 17.6. The Bertz CT molecular complexity index is 1070. The SMILES string of the molecule is CNS(=O)(=O)Cc1ccc(CNC(=O)c2cc(S(=O)(=O)N3CCCC3)c[nH]2)cc1. The van der Waals surface area contributed by atoms with Crippen molar-refractivity contribution >= 4 is 26.0 Å². The fourth-order valence-electron chi connectivity index (χ4n) is 3.05. The van der Waals surface area contributed by atoms with Crippen LogP contribution in [0, 0.1) is 0 Å². The van der Waals surface area contributed by atoms with E-state index in [9.17, 15) is 21.6 Å². The molecule has 158 valence electrons. The third-order valence-electron chi connectivity index (χ3n) is 4.75. The second-order valence-corrected chi connectivity index (χ2v) is 10.7. The van der Waals surface area contributed by atoms with E-state index in [1.165, 1.54) is 23.6 Å². The third kappa shape index (κ3) is 5.24. The molecule has 2 heterocycles. The molecule has 29 heavy (non-hydrogen) atoms. The third-order valence-corrected chi connectivity index (χ3v) is 7.96. The van der Waals surface area contributed by atoms with Gasteiger partial charge in [0, 0.05) is 25.8 Å². The van der Waals surface area contributed by atoms with Gasteiger partial charge in [-0.15, -0.1) is 0 Å². The molecule has 0 radical (unpaired) electrons. The number of rotatable bonds is 8. The molecule has 1 fully saturated rings. The number of H-pyrrole nitrogens is 1. The minimum Gasteiger partial charge on any atom is -0.356 e. The molecule has 1 aliphatic heterocycles. The predicted molar refractivity (Wildman–Crippen MR) is 108 cm³/mol. The molecule has 1 amide bonds. The van der Waals surface area contributed by atoms with Crippen molar-refractivity contribution in [1.29, 1.82) is 0 Å². The lowest BCUT2D eigenvalue weighted by Crippen LogP contribution is -2.27. The van der Waals surface area contributed by atoms with E-state index in [2.05, 4.69) is 15.0 Å². The summed E-state index contributed by atoms with van der Waals surface area (Å²) < 4.78 is 51.9. The molecule has 0 spiro atoms. The Labute approximate surface area is 170 Å². The molecular weight excluding hydrogens is 416 g/mol. The van der Waals surface area contributed by atoms with Gasteiger partial charge < -0.3 is 10.3 Å². The van der Waals surface area contributed by atoms with Crippen LogP contribution in [0.2, 0.25) is 0 Å². The second kappa shape index (κ2) is 8.66. The first-order chi connectivity index (χ1) is 13.7. The Morgan fingerprint density at radius 2 is 1.69 bits per heavy atom. The van der Waals surface area contributed by atoms with Crippen LogP contribution < -0.4 is 10.0 Å². The lowest BCUT2D eigenvalue weighted by molar-refractivity contribution is 0.0946. The molecule has 11 heteroatoms. The number of carbonyl (C=O) groups is 1. The van der Waals surface area contributed by atoms with Crippen molar-refractivity contribution in [2.75, 3.05) is 20.1 Å². The first-order valence-electron chi connectivity index (χ1n) is 9.17. The summed E-state index contributed by atoms with van der Waals surface area (Å²) >= 11 is 0. The lowest BCUT2D eigenvalue weighted by atomic mass is 10.1. The second-order valence-electron chi connectivity index (χ2n) is 6.82. The summed E-state index contributed by atoms with van der Waals surface area (Å²) in [5, 5.41) is 2.72. The van der Waals surface area contributed by atoms with Crippen molar-refractivity contribution in [2.24, 2.45) is 0 Å². The number of nitrogens with zero attached hydrogens (tertiary/aromatic N) is 1. The van der Waals surface area contributed by atoms with Gasteiger partial charge in [-0.3, -0.25) is 4.79 Å². The maximum Gasteiger partial charge on any atom is 0.268 e. The van der Waals surface area contributed by atoms with Crippen molar-refractivity contribution < 1.29 is 21.6 Å². The van der Waals surface area contributed by atoms with Gasteiger partial charge in [0.05, 0.1) is 5.75 Å². The van der Waals surface area contributed by atoms with E-state index in [0.717, 1.165) is 18.4 Å². The number of sulfonamides is 2. The van der Waals surface area contributed by atoms with Gasteiger partial charge in [-0.1, -0.05) is 24.3 Å². The molecule has 2 aromatic rings. The number of aromatic nitrogens is 1. The highest BCUT2D eigenvalue weighted by Crippen LogP contribution is 2.21. The van der Waals surface area contributed by atoms with Gasteiger partial charge >= 0.3 is 0 Å². The van der Waals surface area contributed by atoms with E-state index in [0.29, 0.717) is 18.7 Å². The molecule has 0 unspecified atom stereocenters. The minimum absolute atomic E-state index is 0.0830. The smallest absolute Gasteiger partial charge is 0.268 e. The molecule has 0 saturated carbocycles. The summed E-state index contributed by atoms with van der Waals surface area (Å²) in [7, 11) is -5.55. The van der Waals surface area contributed by atoms with Crippen LogP contribution in [0.3, 0.4) is 0 Å². The van der Waals surface area contributed by atoms with E-state index in [1.54, 1.807) is 24.3 Å². The van der Waals surface area contributed by atoms with Crippen LogP contribution in [0.1, 0.15) is 34.5 Å². The molecule has 1 aliphatic rings. The molecule has 0 atom stereocenters. The maximum atomic E-state index is 12.5. The van der Waals surface area contributed by atoms with Crippen LogP contribution in [0.4, 0.5) is 0 Å². The van der Waals surface area contributed by atoms with Gasteiger partial charge in [-0.25, -0.2) is 21.6 Å². The van der Waals surface area contributed by atoms with E-state index in [4.69, 9.17) is 0 Å². The highest BCUT2D eigenvalue weighted by atomic mass is 32.2. The summed E-state index contributed by atoms with van der Waals surface area (Å²) in [6, 6.07) is 8.18. The van der Waals surface area contributed by atoms with E-state index in [-0.39, 0.29) is 22.9 Å². The molecule has 0 aliphatic carbocycles. The van der Waals surface area contributed by atoms with Crippen molar-refractivity contribution in [3.63, 3.8) is 0 Å². The Kier molecular flexibility index (Phi) is 6.42. The molecule has 1 aromatic carbocycles. The number of amides is 1. The number of hydrogen-bond donors (Lipinski definition) is 3. The van der Waals surface area contributed by atoms with Crippen molar-refractivity contribution in [3.8, 4) is 0 Å². The zero-order chi connectivity index (χ0) is 21.1. The Morgan fingerprint density at radius 3 is 2.31 bits per heavy atom. The van der Waals surface area contributed by atoms with Gasteiger partial charge in [0.1, 0.15) is 10.6 Å². The molecule has 1 aromatic heterocycles. The normalized spacial score (nSPS) is 15.5. The van der Waals surface area contributed by atoms with Crippen LogP contribution in [-0.2, 0) is 32.3 Å². The van der Waals surface area contributed by atoms with Crippen LogP contribution in [0.15, 0.2) is 41.4 Å². The van der Waals surface area contributed by atoms with Gasteiger partial charge in [0.2, 0.25) is 20.0 Å². The highest BCUT2D eigenvalue weighted by molar-refractivity contribution is 7.89. The van der Waals surface area contributed by atoms with Gasteiger partial charge in [0.15, 0.2) is 0 Å². The summed E-state index contributed by atoms with van der Waals surface area (Å²) in [5.74, 6) is -0.540. The highest BCUT2D eigenvalue weighted by Gasteiger charge is 2.28. The Morgan fingerprint density at radius 1 is 1.07 bits per heavy atom. The Hall–Kier alpha value is -2.21. The summed E-state index contributed by atoms with van der Waals surface area (Å²) in [6.45, 7) is 1.23. The average Bonchev–Trinajstić information content (AvgIpc) is 3.39. The van der Waals surface area contributed by atoms with Crippen LogP contribution in [0.5, 0.6) is 0 Å². The number of nitrogens with one attached hydrogen (secondary N) is 3. The number of benzene rings is 1. The molecule has 0 bridgehead atoms. The standard InChI is InChI=1S/C18H24N4O5S2/c1-19-28(24,25)13-15-6-4-14(5-7-15)11-21-18(23)17-10-16(12-20-17)29(26,27)22-8-2-3-9-22/h4-7,10,12,19-20H,2-3,8-9,11,13H2,1H3,(H,21,23). The molecular formula is C18H24N4O5S2. The summed E-state index contributed by atoms with van der Waals surface area (Å²) in [4.78, 5) is 15.1. The lowest BCUT2D eigenvalue weighted by Gasteiger charge is -2.13. The Balaban J connectivity index is 1.59. The van der Waals surface area contributed by atoms with Crippen LogP contribution in [0.25, 0.3) is 0 Å². The van der Waals surface area contributed by atoms with Crippen molar-refractivity contribution in [3.05, 3.63) is 53.3 Å². The fraction of sp³-hybridized carbons (Fsp3) is 0.389. The van der Waals surface area contributed by atoms with Crippen molar-refractivity contribution in [2.45, 2.75) is 30.0 Å². The summed E-state index contributed by atoms with van der Waals surface area (Å²) in [6.07, 6.45) is 3.02. The maximum absolute atomic E-state index is 12.5. The quantitative estimate of drug-likeness (QED) is 0.559. The minimum atomic E-state index is -3.57. The average molecular weight is 441 g/mol. The van der Waals surface area contributed by atoms with Crippen LogP contribution in [-0.4, -0.2) is 52.2 Å². The zero-order valence-electron chi connectivity index (χ0n) is 16.0. The first kappa shape index (κ1) is 21.5. The van der Waals surface area contributed by atoms with Crippen LogP contribution >= 0.6 is 0 Å². The topological polar surface area (TPSA) is 128 Å². The van der Waals surface area contributed by atoms with E-state index < -0.39 is 26.0 Å². The fourth-order valence-corrected chi connectivity index (χ4v) is 5.34. The summed E-state index contributed by atoms with van der Waals surface area (Å²) in [5.41, 5.74) is 1.59. The van der Waals surface area contributed by atoms with Gasteiger partial charge in [-0.05, 0) is 37.1 Å². The number of aromatic amines is 1. The number of carbonyl (C=O) groups excluding carboxylic acids is 1. The van der Waals surface area contributed by atoms with Crippen molar-refractivity contribution in [1.82, 2.24) is 19.3 Å². The van der Waals surface area contributed by atoms with Gasteiger partial charge in [0.25, 0.3) is 5.91 Å². The first-order valence-corrected chi connectivity index (χ1v) is 12.3. The molecule has 3 N–H and O–H groups in total. The number of hydrogen-bond acceptors (Lipinski definition) is 5. The van der Waals surface area contributed by atoms with E-state index in [1.807, 2.05) is 0 Å². The predicted octanol–water partition coefficient (Wildman–Crippen LogP) is 0.778. The van der Waals surface area contributed by atoms with E-state index >= 15 is 0 Å². The largest absolute Gasteiger partial charge is 0.356 e.